The third-order valence-corrected chi connectivity index (χ3v) is 4.65. The zero-order chi connectivity index (χ0) is 16.4. The van der Waals surface area contributed by atoms with Crippen LogP contribution in [-0.2, 0) is 9.59 Å². The lowest BCUT2D eigenvalue weighted by molar-refractivity contribution is -0.140. The van der Waals surface area contributed by atoms with Crippen LogP contribution in [0.1, 0.15) is 43.7 Å². The number of carbonyl (C=O) groups is 2. The van der Waals surface area contributed by atoms with Crippen LogP contribution in [0.15, 0.2) is 60.7 Å². The predicted octanol–water partition coefficient (Wildman–Crippen LogP) is 4.39. The van der Waals surface area contributed by atoms with E-state index in [1.807, 2.05) is 74.5 Å². The third kappa shape index (κ3) is 3.26. The largest absolute Gasteiger partial charge is 0.299 e. The van der Waals surface area contributed by atoms with E-state index in [2.05, 4.69) is 0 Å². The Bertz CT molecular complexity index is 642. The van der Waals surface area contributed by atoms with Gasteiger partial charge in [0, 0.05) is 18.8 Å². The van der Waals surface area contributed by atoms with Gasteiger partial charge in [-0.25, -0.2) is 0 Å². The molecule has 23 heavy (non-hydrogen) atoms. The molecule has 1 fully saturated rings. The quantitative estimate of drug-likeness (QED) is 0.788. The van der Waals surface area contributed by atoms with Crippen LogP contribution in [0.4, 0.5) is 0 Å². The second-order valence-electron chi connectivity index (χ2n) is 7.23. The van der Waals surface area contributed by atoms with Crippen LogP contribution in [0.3, 0.4) is 0 Å². The van der Waals surface area contributed by atoms with Gasteiger partial charge < -0.3 is 0 Å². The molecule has 1 aliphatic carbocycles. The van der Waals surface area contributed by atoms with Gasteiger partial charge in [-0.05, 0) is 16.5 Å². The van der Waals surface area contributed by atoms with Gasteiger partial charge in [-0.3, -0.25) is 9.59 Å². The minimum absolute atomic E-state index is 0.0731. The molecule has 0 heterocycles. The second-order valence-corrected chi connectivity index (χ2v) is 7.23. The Balaban J connectivity index is 2.06. The highest BCUT2D eigenvalue weighted by atomic mass is 16.2. The molecule has 0 spiro atoms. The highest BCUT2D eigenvalue weighted by molar-refractivity contribution is 6.06. The van der Waals surface area contributed by atoms with Gasteiger partial charge in [0.25, 0.3) is 0 Å². The average molecular weight is 306 g/mol. The van der Waals surface area contributed by atoms with Crippen molar-refractivity contribution in [3.8, 4) is 0 Å². The molecule has 2 aromatic carbocycles. The molecule has 1 aliphatic rings. The van der Waals surface area contributed by atoms with E-state index in [1.165, 1.54) is 0 Å². The topological polar surface area (TPSA) is 34.1 Å². The number of rotatable bonds is 3. The van der Waals surface area contributed by atoms with Gasteiger partial charge in [0.1, 0.15) is 11.6 Å². The second kappa shape index (κ2) is 6.11. The van der Waals surface area contributed by atoms with Crippen LogP contribution in [0.25, 0.3) is 0 Å². The summed E-state index contributed by atoms with van der Waals surface area (Å²) in [5.74, 6) is -0.603. The highest BCUT2D eigenvalue weighted by Gasteiger charge is 2.44. The molecule has 0 aromatic heterocycles. The van der Waals surface area contributed by atoms with Crippen LogP contribution in [-0.4, -0.2) is 11.6 Å². The summed E-state index contributed by atoms with van der Waals surface area (Å²) in [5, 5.41) is 0. The molecule has 0 bridgehead atoms. The fourth-order valence-corrected chi connectivity index (χ4v) is 3.68. The third-order valence-electron chi connectivity index (χ3n) is 4.65. The van der Waals surface area contributed by atoms with Gasteiger partial charge in [-0.1, -0.05) is 74.5 Å². The molecule has 0 atom stereocenters. The van der Waals surface area contributed by atoms with Gasteiger partial charge in [0.2, 0.25) is 0 Å². The van der Waals surface area contributed by atoms with Crippen molar-refractivity contribution in [2.24, 2.45) is 11.3 Å². The van der Waals surface area contributed by atoms with Crippen molar-refractivity contribution in [3.05, 3.63) is 71.8 Å². The molecule has 0 unspecified atom stereocenters. The fraction of sp³-hybridized carbons (Fsp3) is 0.333. The summed E-state index contributed by atoms with van der Waals surface area (Å²) >= 11 is 0. The molecule has 2 nitrogen and oxygen atoms in total. The zero-order valence-electron chi connectivity index (χ0n) is 13.7. The van der Waals surface area contributed by atoms with Crippen molar-refractivity contribution < 1.29 is 9.59 Å². The van der Waals surface area contributed by atoms with Gasteiger partial charge in [0.05, 0.1) is 5.92 Å². The summed E-state index contributed by atoms with van der Waals surface area (Å²) in [6.07, 6.45) is 0.944. The van der Waals surface area contributed by atoms with Crippen molar-refractivity contribution in [2.45, 2.75) is 32.6 Å². The van der Waals surface area contributed by atoms with Crippen LogP contribution in [0, 0.1) is 11.3 Å². The molecule has 1 saturated carbocycles. The molecular formula is C21H22O2. The molecule has 2 heteroatoms. The molecular weight excluding hydrogens is 284 g/mol. The Morgan fingerprint density at radius 3 is 1.57 bits per heavy atom. The van der Waals surface area contributed by atoms with Crippen molar-refractivity contribution in [3.63, 3.8) is 0 Å². The smallest absolute Gasteiger partial charge is 0.144 e. The standard InChI is InChI=1S/C21H22O2/c1-21(2)13-17(22)20(18(23)14-21)19(15-9-5-3-6-10-15)16-11-7-4-8-12-16/h3-12,19-20H,13-14H2,1-2H3. The molecule has 0 N–H and O–H groups in total. The van der Waals surface area contributed by atoms with E-state index >= 15 is 0 Å². The molecule has 0 saturated heterocycles. The van der Waals surface area contributed by atoms with E-state index in [1.54, 1.807) is 0 Å². The fourth-order valence-electron chi connectivity index (χ4n) is 3.68. The van der Waals surface area contributed by atoms with Gasteiger partial charge in [-0.2, -0.15) is 0 Å². The number of benzene rings is 2. The van der Waals surface area contributed by atoms with E-state index in [-0.39, 0.29) is 22.9 Å². The maximum Gasteiger partial charge on any atom is 0.144 e. The van der Waals surface area contributed by atoms with Crippen molar-refractivity contribution in [1.29, 1.82) is 0 Å². The van der Waals surface area contributed by atoms with Crippen LogP contribution < -0.4 is 0 Å². The lowest BCUT2D eigenvalue weighted by atomic mass is 9.65. The lowest BCUT2D eigenvalue weighted by Gasteiger charge is -2.36. The van der Waals surface area contributed by atoms with E-state index in [0.717, 1.165) is 11.1 Å². The van der Waals surface area contributed by atoms with Crippen molar-refractivity contribution in [1.82, 2.24) is 0 Å². The number of hydrogen-bond donors (Lipinski definition) is 0. The number of carbonyl (C=O) groups excluding carboxylic acids is 2. The summed E-state index contributed by atoms with van der Waals surface area (Å²) in [5.41, 5.74) is 1.85. The van der Waals surface area contributed by atoms with Gasteiger partial charge in [0.15, 0.2) is 0 Å². The van der Waals surface area contributed by atoms with E-state index < -0.39 is 5.92 Å². The Morgan fingerprint density at radius 2 is 1.17 bits per heavy atom. The normalized spacial score (nSPS) is 18.4. The van der Waals surface area contributed by atoms with Crippen molar-refractivity contribution in [2.75, 3.05) is 0 Å². The SMILES string of the molecule is CC1(C)CC(=O)C(C(c2ccccc2)c2ccccc2)C(=O)C1. The number of Topliss-reactive ketones (excluding diaryl/α,β-unsaturated/α-hetero) is 2. The number of hydrogen-bond acceptors (Lipinski definition) is 2. The lowest BCUT2D eigenvalue weighted by Crippen LogP contribution is -2.41. The first kappa shape index (κ1) is 15.7. The average Bonchev–Trinajstić information content (AvgIpc) is 2.51. The summed E-state index contributed by atoms with van der Waals surface area (Å²) in [7, 11) is 0. The summed E-state index contributed by atoms with van der Waals surface area (Å²) in [6.45, 7) is 4.00. The first-order valence-corrected chi connectivity index (χ1v) is 8.13. The van der Waals surface area contributed by atoms with Crippen LogP contribution in [0.2, 0.25) is 0 Å². The zero-order valence-corrected chi connectivity index (χ0v) is 13.7. The molecule has 0 amide bonds. The van der Waals surface area contributed by atoms with Crippen molar-refractivity contribution >= 4 is 11.6 Å². The molecule has 0 aliphatic heterocycles. The molecule has 3 rings (SSSR count). The Morgan fingerprint density at radius 1 is 0.783 bits per heavy atom. The Labute approximate surface area is 137 Å². The van der Waals surface area contributed by atoms with Crippen LogP contribution in [0.5, 0.6) is 0 Å². The maximum atomic E-state index is 12.8. The molecule has 118 valence electrons. The minimum Gasteiger partial charge on any atom is -0.299 e. The van der Waals surface area contributed by atoms with E-state index in [4.69, 9.17) is 0 Å². The summed E-state index contributed by atoms with van der Waals surface area (Å²) in [4.78, 5) is 25.6. The Hall–Kier alpha value is -2.22. The summed E-state index contributed by atoms with van der Waals surface area (Å²) < 4.78 is 0. The molecule has 0 radical (unpaired) electrons. The first-order chi connectivity index (χ1) is 11.0. The monoisotopic (exact) mass is 306 g/mol. The Kier molecular flexibility index (Phi) is 4.16. The molecule has 2 aromatic rings. The minimum atomic E-state index is -0.562. The maximum absolute atomic E-state index is 12.8. The van der Waals surface area contributed by atoms with E-state index in [0.29, 0.717) is 12.8 Å². The van der Waals surface area contributed by atoms with Gasteiger partial charge in [-0.15, -0.1) is 0 Å². The van der Waals surface area contributed by atoms with Crippen LogP contribution >= 0.6 is 0 Å². The number of ketones is 2. The van der Waals surface area contributed by atoms with Gasteiger partial charge >= 0.3 is 0 Å². The predicted molar refractivity (Wildman–Crippen MR) is 91.2 cm³/mol. The summed E-state index contributed by atoms with van der Waals surface area (Å²) in [6, 6.07) is 19.8. The highest BCUT2D eigenvalue weighted by Crippen LogP contribution is 2.42. The van der Waals surface area contributed by atoms with E-state index in [9.17, 15) is 9.59 Å². The first-order valence-electron chi connectivity index (χ1n) is 8.13.